The molecule has 0 bridgehead atoms. The van der Waals surface area contributed by atoms with Gasteiger partial charge in [0, 0.05) is 12.6 Å². The molecule has 20 heavy (non-hydrogen) atoms. The Kier molecular flexibility index (Phi) is 5.41. The molecule has 3 atom stereocenters. The molecule has 1 amide bonds. The second-order valence-electron chi connectivity index (χ2n) is 6.54. The molecule has 1 saturated carbocycles. The first-order valence-electron chi connectivity index (χ1n) is 7.95. The zero-order valence-corrected chi connectivity index (χ0v) is 12.6. The van der Waals surface area contributed by atoms with Crippen LogP contribution in [0.1, 0.15) is 51.9 Å². The minimum Gasteiger partial charge on any atom is -0.375 e. The Morgan fingerprint density at radius 2 is 2.10 bits per heavy atom. The van der Waals surface area contributed by atoms with Crippen LogP contribution in [0.5, 0.6) is 0 Å². The summed E-state index contributed by atoms with van der Waals surface area (Å²) in [6, 6.07) is 0.609. The Morgan fingerprint density at radius 3 is 2.85 bits per heavy atom. The highest BCUT2D eigenvalue weighted by Gasteiger charge is 2.33. The Morgan fingerprint density at radius 1 is 1.35 bits per heavy atom. The average Bonchev–Trinajstić information content (AvgIpc) is 2.43. The lowest BCUT2D eigenvalue weighted by Gasteiger charge is -2.44. The number of ether oxygens (including phenoxy) is 1. The summed E-state index contributed by atoms with van der Waals surface area (Å²) in [6.07, 6.45) is 8.24. The summed E-state index contributed by atoms with van der Waals surface area (Å²) in [5.41, 5.74) is 10.3. The maximum absolute atomic E-state index is 11.2. The van der Waals surface area contributed by atoms with Crippen LogP contribution in [-0.2, 0) is 9.53 Å². The van der Waals surface area contributed by atoms with Gasteiger partial charge >= 0.3 is 0 Å². The fourth-order valence-corrected chi connectivity index (χ4v) is 3.38. The molecule has 1 aliphatic carbocycles. The minimum absolute atomic E-state index is 0.406. The Balaban J connectivity index is 1.72. The molecule has 116 valence electrons. The van der Waals surface area contributed by atoms with Gasteiger partial charge in [0.05, 0.1) is 18.2 Å². The average molecular weight is 283 g/mol. The fourth-order valence-electron chi connectivity index (χ4n) is 3.38. The van der Waals surface area contributed by atoms with Crippen molar-refractivity contribution < 1.29 is 9.53 Å². The van der Waals surface area contributed by atoms with Gasteiger partial charge in [-0.1, -0.05) is 12.8 Å². The molecule has 1 saturated heterocycles. The normalized spacial score (nSPS) is 30.5. The van der Waals surface area contributed by atoms with E-state index in [2.05, 4.69) is 4.90 Å². The molecule has 3 unspecified atom stereocenters. The van der Waals surface area contributed by atoms with E-state index in [1.54, 1.807) is 6.92 Å². The van der Waals surface area contributed by atoms with Crippen molar-refractivity contribution in [2.45, 2.75) is 69.6 Å². The second-order valence-corrected chi connectivity index (χ2v) is 6.54. The predicted octanol–water partition coefficient (Wildman–Crippen LogP) is 1.00. The first kappa shape index (κ1) is 15.7. The minimum atomic E-state index is -0.863. The molecule has 0 radical (unpaired) electrons. The molecule has 0 aromatic carbocycles. The van der Waals surface area contributed by atoms with Crippen LogP contribution < -0.4 is 11.5 Å². The molecule has 0 aromatic heterocycles. The van der Waals surface area contributed by atoms with E-state index >= 15 is 0 Å². The van der Waals surface area contributed by atoms with Crippen LogP contribution in [0.3, 0.4) is 0 Å². The van der Waals surface area contributed by atoms with Crippen molar-refractivity contribution in [3.63, 3.8) is 0 Å². The van der Waals surface area contributed by atoms with Crippen LogP contribution in [0.4, 0.5) is 0 Å². The van der Waals surface area contributed by atoms with E-state index in [1.807, 2.05) is 0 Å². The number of fused-ring (bicyclic) bond motifs is 1. The van der Waals surface area contributed by atoms with Gasteiger partial charge < -0.3 is 16.2 Å². The van der Waals surface area contributed by atoms with Crippen molar-refractivity contribution in [1.29, 1.82) is 0 Å². The zero-order valence-electron chi connectivity index (χ0n) is 12.6. The van der Waals surface area contributed by atoms with Crippen molar-refractivity contribution in [2.75, 3.05) is 19.7 Å². The van der Waals surface area contributed by atoms with Gasteiger partial charge in [-0.3, -0.25) is 9.69 Å². The highest BCUT2D eigenvalue weighted by Crippen LogP contribution is 2.28. The van der Waals surface area contributed by atoms with Crippen LogP contribution in [0.15, 0.2) is 0 Å². The molecule has 2 aliphatic rings. The fraction of sp³-hybridized carbons (Fsp3) is 0.933. The van der Waals surface area contributed by atoms with Gasteiger partial charge in [0.2, 0.25) is 5.91 Å². The van der Waals surface area contributed by atoms with Crippen molar-refractivity contribution in [3.8, 4) is 0 Å². The van der Waals surface area contributed by atoms with Crippen molar-refractivity contribution in [1.82, 2.24) is 4.90 Å². The number of hydrogen-bond acceptors (Lipinski definition) is 4. The number of unbranched alkanes of at least 4 members (excludes halogenated alkanes) is 1. The molecule has 2 rings (SSSR count). The first-order chi connectivity index (χ1) is 9.50. The summed E-state index contributed by atoms with van der Waals surface area (Å²) in [6.45, 7) is 4.70. The smallest absolute Gasteiger partial charge is 0.237 e. The lowest BCUT2D eigenvalue weighted by Crippen LogP contribution is -2.53. The van der Waals surface area contributed by atoms with E-state index in [0.29, 0.717) is 18.6 Å². The number of hydrogen-bond donors (Lipinski definition) is 2. The van der Waals surface area contributed by atoms with E-state index in [4.69, 9.17) is 16.2 Å². The van der Waals surface area contributed by atoms with E-state index in [1.165, 1.54) is 25.7 Å². The molecule has 5 heteroatoms. The third kappa shape index (κ3) is 3.93. The van der Waals surface area contributed by atoms with Gasteiger partial charge in [-0.25, -0.2) is 0 Å². The standard InChI is InChI=1S/C15H29N3O2/c1-15(17,14(16)19)8-4-5-9-18-10-11-20-13-7-3-2-6-12(13)18/h12-13H,2-11,17H2,1H3,(H2,16,19). The van der Waals surface area contributed by atoms with Gasteiger partial charge in [-0.15, -0.1) is 0 Å². The molecule has 0 spiro atoms. The first-order valence-corrected chi connectivity index (χ1v) is 7.95. The quantitative estimate of drug-likeness (QED) is 0.713. The van der Waals surface area contributed by atoms with Crippen molar-refractivity contribution >= 4 is 5.91 Å². The van der Waals surface area contributed by atoms with Gasteiger partial charge in [-0.2, -0.15) is 0 Å². The molecular weight excluding hydrogens is 254 g/mol. The molecule has 5 nitrogen and oxygen atoms in total. The maximum atomic E-state index is 11.2. The molecule has 4 N–H and O–H groups in total. The second kappa shape index (κ2) is 6.87. The number of morpholine rings is 1. The Labute approximate surface area is 122 Å². The third-order valence-corrected chi connectivity index (χ3v) is 4.80. The van der Waals surface area contributed by atoms with E-state index < -0.39 is 11.4 Å². The zero-order chi connectivity index (χ0) is 14.6. The highest BCUT2D eigenvalue weighted by molar-refractivity contribution is 5.83. The van der Waals surface area contributed by atoms with E-state index in [9.17, 15) is 4.79 Å². The Hall–Kier alpha value is -0.650. The van der Waals surface area contributed by atoms with Crippen molar-refractivity contribution in [3.05, 3.63) is 0 Å². The van der Waals surface area contributed by atoms with Crippen LogP contribution >= 0.6 is 0 Å². The number of nitrogens with zero attached hydrogens (tertiary/aromatic N) is 1. The van der Waals surface area contributed by atoms with Crippen molar-refractivity contribution in [2.24, 2.45) is 11.5 Å². The molecule has 0 aromatic rings. The largest absolute Gasteiger partial charge is 0.375 e. The number of nitrogens with two attached hydrogens (primary N) is 2. The highest BCUT2D eigenvalue weighted by atomic mass is 16.5. The SMILES string of the molecule is CC(N)(CCCCN1CCOC2CCCCC21)C(N)=O. The molecular formula is C15H29N3O2. The molecule has 1 aliphatic heterocycles. The van der Waals surface area contributed by atoms with Crippen LogP contribution in [-0.4, -0.2) is 48.2 Å². The molecule has 2 fully saturated rings. The third-order valence-electron chi connectivity index (χ3n) is 4.80. The van der Waals surface area contributed by atoms with Crippen LogP contribution in [0.2, 0.25) is 0 Å². The van der Waals surface area contributed by atoms with Crippen LogP contribution in [0.25, 0.3) is 0 Å². The summed E-state index contributed by atoms with van der Waals surface area (Å²) in [5, 5.41) is 0. The summed E-state index contributed by atoms with van der Waals surface area (Å²) in [7, 11) is 0. The summed E-state index contributed by atoms with van der Waals surface area (Å²) in [5.74, 6) is -0.406. The van der Waals surface area contributed by atoms with Gasteiger partial charge in [0.1, 0.15) is 0 Å². The van der Waals surface area contributed by atoms with E-state index in [0.717, 1.165) is 32.5 Å². The Bertz CT molecular complexity index is 331. The number of amides is 1. The number of rotatable bonds is 6. The van der Waals surface area contributed by atoms with Gasteiger partial charge in [-0.05, 0) is 45.6 Å². The number of primary amides is 1. The number of carbonyl (C=O) groups is 1. The predicted molar refractivity (Wildman–Crippen MR) is 79.2 cm³/mol. The topological polar surface area (TPSA) is 81.6 Å². The van der Waals surface area contributed by atoms with Gasteiger partial charge in [0.25, 0.3) is 0 Å². The van der Waals surface area contributed by atoms with E-state index in [-0.39, 0.29) is 0 Å². The van der Waals surface area contributed by atoms with Gasteiger partial charge in [0.15, 0.2) is 0 Å². The molecule has 1 heterocycles. The summed E-state index contributed by atoms with van der Waals surface area (Å²) in [4.78, 5) is 13.7. The summed E-state index contributed by atoms with van der Waals surface area (Å²) < 4.78 is 5.88. The maximum Gasteiger partial charge on any atom is 0.237 e. The van der Waals surface area contributed by atoms with Crippen LogP contribution in [0, 0.1) is 0 Å². The monoisotopic (exact) mass is 283 g/mol. The lowest BCUT2D eigenvalue weighted by molar-refractivity contribution is -0.122. The number of carbonyl (C=O) groups excluding carboxylic acids is 1. The summed E-state index contributed by atoms with van der Waals surface area (Å²) >= 11 is 0. The lowest BCUT2D eigenvalue weighted by atomic mass is 9.89.